The van der Waals surface area contributed by atoms with Gasteiger partial charge in [0.1, 0.15) is 0 Å². The van der Waals surface area contributed by atoms with Gasteiger partial charge in [-0.15, -0.1) is 11.8 Å². The number of hydrogen-bond donors (Lipinski definition) is 1. The standard InChI is InChI=1S/C15H26N2/c1-2-3-7-12-17-13-8-11-16-15(14-17)9-5-4-6-10-15/h16H,4-14H2,1H3. The molecule has 0 atom stereocenters. The topological polar surface area (TPSA) is 15.3 Å². The molecule has 0 aromatic carbocycles. The molecule has 1 aliphatic carbocycles. The number of hydrogen-bond acceptors (Lipinski definition) is 2. The molecule has 96 valence electrons. The average Bonchev–Trinajstić information content (AvgIpc) is 2.54. The van der Waals surface area contributed by atoms with Gasteiger partial charge in [-0.05, 0) is 39.3 Å². The Bertz CT molecular complexity index is 281. The second-order valence-corrected chi connectivity index (χ2v) is 5.57. The summed E-state index contributed by atoms with van der Waals surface area (Å²) in [5, 5.41) is 3.84. The quantitative estimate of drug-likeness (QED) is 0.738. The molecule has 17 heavy (non-hydrogen) atoms. The molecule has 2 aliphatic rings. The van der Waals surface area contributed by atoms with Crippen molar-refractivity contribution < 1.29 is 0 Å². The Balaban J connectivity index is 1.90. The number of rotatable bonds is 2. The highest BCUT2D eigenvalue weighted by atomic mass is 15.2. The van der Waals surface area contributed by atoms with Crippen molar-refractivity contribution in [3.8, 4) is 11.8 Å². The Morgan fingerprint density at radius 3 is 2.76 bits per heavy atom. The SMILES string of the molecule is CC#CCCN1CCCNC2(CCCCC2)C1. The summed E-state index contributed by atoms with van der Waals surface area (Å²) < 4.78 is 0. The van der Waals surface area contributed by atoms with E-state index in [1.165, 1.54) is 58.2 Å². The first-order valence-corrected chi connectivity index (χ1v) is 7.22. The molecule has 0 aromatic rings. The molecule has 1 aliphatic heterocycles. The third-order valence-electron chi connectivity index (χ3n) is 4.22. The summed E-state index contributed by atoms with van der Waals surface area (Å²) in [6.07, 6.45) is 9.34. The predicted molar refractivity (Wildman–Crippen MR) is 72.9 cm³/mol. The summed E-state index contributed by atoms with van der Waals surface area (Å²) in [5.74, 6) is 6.20. The van der Waals surface area contributed by atoms with Crippen LogP contribution in [0.1, 0.15) is 51.9 Å². The van der Waals surface area contributed by atoms with Crippen LogP contribution in [0.15, 0.2) is 0 Å². The maximum Gasteiger partial charge on any atom is 0.0308 e. The smallest absolute Gasteiger partial charge is 0.0308 e. The highest BCUT2D eigenvalue weighted by Gasteiger charge is 2.34. The molecule has 0 radical (unpaired) electrons. The van der Waals surface area contributed by atoms with Gasteiger partial charge in [-0.1, -0.05) is 19.3 Å². The van der Waals surface area contributed by atoms with E-state index in [2.05, 4.69) is 22.1 Å². The van der Waals surface area contributed by atoms with Crippen molar-refractivity contribution in [3.05, 3.63) is 0 Å². The fraction of sp³-hybridized carbons (Fsp3) is 0.867. The van der Waals surface area contributed by atoms with Crippen molar-refractivity contribution in [3.63, 3.8) is 0 Å². The van der Waals surface area contributed by atoms with E-state index in [4.69, 9.17) is 0 Å². The minimum Gasteiger partial charge on any atom is -0.310 e. The minimum atomic E-state index is 0.439. The maximum atomic E-state index is 3.84. The summed E-state index contributed by atoms with van der Waals surface area (Å²) in [6, 6.07) is 0. The fourth-order valence-electron chi connectivity index (χ4n) is 3.31. The Morgan fingerprint density at radius 2 is 2.00 bits per heavy atom. The van der Waals surface area contributed by atoms with Crippen LogP contribution in [0.5, 0.6) is 0 Å². The lowest BCUT2D eigenvalue weighted by molar-refractivity contribution is 0.166. The maximum absolute atomic E-state index is 3.84. The summed E-state index contributed by atoms with van der Waals surface area (Å²) in [6.45, 7) is 6.80. The predicted octanol–water partition coefficient (Wildman–Crippen LogP) is 2.40. The van der Waals surface area contributed by atoms with Crippen LogP contribution >= 0.6 is 0 Å². The molecule has 2 rings (SSSR count). The lowest BCUT2D eigenvalue weighted by Crippen LogP contribution is -2.52. The lowest BCUT2D eigenvalue weighted by Gasteiger charge is -2.40. The van der Waals surface area contributed by atoms with Gasteiger partial charge in [-0.2, -0.15) is 0 Å². The van der Waals surface area contributed by atoms with Gasteiger partial charge in [0.05, 0.1) is 0 Å². The van der Waals surface area contributed by atoms with E-state index in [9.17, 15) is 0 Å². The number of nitrogens with one attached hydrogen (secondary N) is 1. The third-order valence-corrected chi connectivity index (χ3v) is 4.22. The molecule has 2 heteroatoms. The zero-order chi connectivity index (χ0) is 12.0. The van der Waals surface area contributed by atoms with Crippen molar-refractivity contribution in [1.82, 2.24) is 10.2 Å². The van der Waals surface area contributed by atoms with Crippen molar-refractivity contribution in [2.24, 2.45) is 0 Å². The van der Waals surface area contributed by atoms with Gasteiger partial charge in [0.15, 0.2) is 0 Å². The Labute approximate surface area is 106 Å². The zero-order valence-electron chi connectivity index (χ0n) is 11.2. The minimum absolute atomic E-state index is 0.439. The van der Waals surface area contributed by atoms with Crippen molar-refractivity contribution in [2.75, 3.05) is 26.2 Å². The van der Waals surface area contributed by atoms with Gasteiger partial charge in [-0.25, -0.2) is 0 Å². The van der Waals surface area contributed by atoms with Crippen LogP contribution in [0.2, 0.25) is 0 Å². The number of nitrogens with zero attached hydrogens (tertiary/aromatic N) is 1. The molecule has 1 N–H and O–H groups in total. The second kappa shape index (κ2) is 6.42. The van der Waals surface area contributed by atoms with Crippen LogP contribution in [-0.4, -0.2) is 36.6 Å². The van der Waals surface area contributed by atoms with E-state index in [0.717, 1.165) is 13.0 Å². The van der Waals surface area contributed by atoms with Gasteiger partial charge >= 0.3 is 0 Å². The lowest BCUT2D eigenvalue weighted by atomic mass is 9.81. The molecule has 1 heterocycles. The van der Waals surface area contributed by atoms with Gasteiger partial charge in [0, 0.05) is 25.0 Å². The van der Waals surface area contributed by atoms with Crippen LogP contribution in [0.25, 0.3) is 0 Å². The van der Waals surface area contributed by atoms with Crippen molar-refractivity contribution >= 4 is 0 Å². The Hall–Kier alpha value is -0.520. The highest BCUT2D eigenvalue weighted by molar-refractivity contribution is 4.98. The molecule has 0 bridgehead atoms. The molecule has 0 unspecified atom stereocenters. The van der Waals surface area contributed by atoms with Crippen molar-refractivity contribution in [1.29, 1.82) is 0 Å². The van der Waals surface area contributed by atoms with Gasteiger partial charge in [0.25, 0.3) is 0 Å². The van der Waals surface area contributed by atoms with E-state index >= 15 is 0 Å². The monoisotopic (exact) mass is 234 g/mol. The normalized spacial score (nSPS) is 25.0. The average molecular weight is 234 g/mol. The van der Waals surface area contributed by atoms with Crippen LogP contribution in [-0.2, 0) is 0 Å². The van der Waals surface area contributed by atoms with Gasteiger partial charge in [0.2, 0.25) is 0 Å². The molecular formula is C15H26N2. The van der Waals surface area contributed by atoms with Gasteiger partial charge < -0.3 is 10.2 Å². The van der Waals surface area contributed by atoms with E-state index in [1.807, 2.05) is 6.92 Å². The molecule has 1 saturated carbocycles. The van der Waals surface area contributed by atoms with Gasteiger partial charge in [-0.3, -0.25) is 0 Å². The summed E-state index contributed by atoms with van der Waals surface area (Å²) in [4.78, 5) is 2.63. The van der Waals surface area contributed by atoms with E-state index in [1.54, 1.807) is 0 Å². The molecule has 0 amide bonds. The fourth-order valence-corrected chi connectivity index (χ4v) is 3.31. The first-order chi connectivity index (χ1) is 8.35. The molecule has 2 fully saturated rings. The van der Waals surface area contributed by atoms with Crippen molar-refractivity contribution in [2.45, 2.75) is 57.4 Å². The summed E-state index contributed by atoms with van der Waals surface area (Å²) >= 11 is 0. The van der Waals surface area contributed by atoms with Crippen LogP contribution in [0, 0.1) is 11.8 Å². The Morgan fingerprint density at radius 1 is 1.18 bits per heavy atom. The first-order valence-electron chi connectivity index (χ1n) is 7.22. The van der Waals surface area contributed by atoms with E-state index in [-0.39, 0.29) is 0 Å². The first kappa shape index (κ1) is 12.9. The highest BCUT2D eigenvalue weighted by Crippen LogP contribution is 2.30. The molecular weight excluding hydrogens is 208 g/mol. The van der Waals surface area contributed by atoms with E-state index < -0.39 is 0 Å². The molecule has 1 spiro atoms. The largest absolute Gasteiger partial charge is 0.310 e. The second-order valence-electron chi connectivity index (χ2n) is 5.57. The molecule has 1 saturated heterocycles. The summed E-state index contributed by atoms with van der Waals surface area (Å²) in [5.41, 5.74) is 0.439. The van der Waals surface area contributed by atoms with Crippen LogP contribution in [0.3, 0.4) is 0 Å². The van der Waals surface area contributed by atoms with E-state index in [0.29, 0.717) is 5.54 Å². The zero-order valence-corrected chi connectivity index (χ0v) is 11.2. The third kappa shape index (κ3) is 3.72. The summed E-state index contributed by atoms with van der Waals surface area (Å²) in [7, 11) is 0. The Kier molecular flexibility index (Phi) is 4.88. The van der Waals surface area contributed by atoms with Crippen LogP contribution < -0.4 is 5.32 Å². The van der Waals surface area contributed by atoms with Crippen LogP contribution in [0.4, 0.5) is 0 Å². The molecule has 2 nitrogen and oxygen atoms in total. The molecule has 0 aromatic heterocycles.